The summed E-state index contributed by atoms with van der Waals surface area (Å²) in [7, 11) is 1.41. The molecular weight excluding hydrogens is 336 g/mol. The fourth-order valence-electron chi connectivity index (χ4n) is 1.82. The molecule has 1 heterocycles. The standard InChI is InChI=1S/C13H10ClF2N3O4/c1-19-10(7(5-17-19)12(21)22)11(20)18-6-2-3-9(8(14)4-6)23-13(15)16/h2-5,13H,1H3,(H,18,20)(H,21,22). The van der Waals surface area contributed by atoms with E-state index in [1.54, 1.807) is 0 Å². The van der Waals surface area contributed by atoms with Crippen LogP contribution in [0.2, 0.25) is 5.02 Å². The Kier molecular flexibility index (Phi) is 4.80. The number of nitrogens with zero attached hydrogens (tertiary/aromatic N) is 2. The summed E-state index contributed by atoms with van der Waals surface area (Å²) in [6, 6.07) is 3.65. The lowest BCUT2D eigenvalue weighted by Crippen LogP contribution is -2.19. The number of aromatic nitrogens is 2. The fourth-order valence-corrected chi connectivity index (χ4v) is 2.05. The summed E-state index contributed by atoms with van der Waals surface area (Å²) in [5, 5.41) is 15.0. The van der Waals surface area contributed by atoms with Gasteiger partial charge < -0.3 is 15.2 Å². The van der Waals surface area contributed by atoms with Gasteiger partial charge in [-0.15, -0.1) is 0 Å². The highest BCUT2D eigenvalue weighted by atomic mass is 35.5. The lowest BCUT2D eigenvalue weighted by atomic mass is 10.2. The summed E-state index contributed by atoms with van der Waals surface area (Å²) in [6.45, 7) is -3.03. The average molecular weight is 346 g/mol. The maximum absolute atomic E-state index is 12.2. The van der Waals surface area contributed by atoms with Crippen molar-refractivity contribution in [3.05, 3.63) is 40.7 Å². The molecule has 7 nitrogen and oxygen atoms in total. The van der Waals surface area contributed by atoms with Gasteiger partial charge in [-0.1, -0.05) is 11.6 Å². The quantitative estimate of drug-likeness (QED) is 0.868. The number of aromatic carboxylic acids is 1. The smallest absolute Gasteiger partial charge is 0.387 e. The number of alkyl halides is 2. The van der Waals surface area contributed by atoms with Crippen LogP contribution in [-0.2, 0) is 7.05 Å². The van der Waals surface area contributed by atoms with Crippen LogP contribution in [0, 0.1) is 0 Å². The SMILES string of the molecule is Cn1ncc(C(=O)O)c1C(=O)Nc1ccc(OC(F)F)c(Cl)c1. The van der Waals surface area contributed by atoms with Gasteiger partial charge in [-0.2, -0.15) is 13.9 Å². The monoisotopic (exact) mass is 345 g/mol. The second-order valence-electron chi connectivity index (χ2n) is 4.31. The summed E-state index contributed by atoms with van der Waals surface area (Å²) in [4.78, 5) is 23.2. The third-order valence-corrected chi connectivity index (χ3v) is 3.09. The van der Waals surface area contributed by atoms with Gasteiger partial charge in [0.2, 0.25) is 0 Å². The molecule has 2 rings (SSSR count). The number of rotatable bonds is 5. The average Bonchev–Trinajstić information content (AvgIpc) is 2.83. The van der Waals surface area contributed by atoms with Gasteiger partial charge in [0.1, 0.15) is 17.0 Å². The first-order chi connectivity index (χ1) is 10.8. The number of carbonyl (C=O) groups is 2. The molecule has 23 heavy (non-hydrogen) atoms. The van der Waals surface area contributed by atoms with Gasteiger partial charge in [-0.3, -0.25) is 9.48 Å². The number of ether oxygens (including phenoxy) is 1. The minimum Gasteiger partial charge on any atom is -0.478 e. The number of carboxylic acid groups (broad SMARTS) is 1. The maximum atomic E-state index is 12.2. The Morgan fingerprint density at radius 2 is 2.13 bits per heavy atom. The molecule has 2 N–H and O–H groups in total. The Bertz CT molecular complexity index is 764. The zero-order valence-electron chi connectivity index (χ0n) is 11.6. The van der Waals surface area contributed by atoms with Crippen molar-refractivity contribution >= 4 is 29.2 Å². The summed E-state index contributed by atoms with van der Waals surface area (Å²) in [5.41, 5.74) is -0.255. The summed E-state index contributed by atoms with van der Waals surface area (Å²) in [6.07, 6.45) is 1.05. The molecule has 122 valence electrons. The lowest BCUT2D eigenvalue weighted by Gasteiger charge is -2.10. The van der Waals surface area contributed by atoms with Crippen LogP contribution in [-0.4, -0.2) is 33.4 Å². The van der Waals surface area contributed by atoms with Crippen molar-refractivity contribution in [1.82, 2.24) is 9.78 Å². The Balaban J connectivity index is 2.23. The second-order valence-corrected chi connectivity index (χ2v) is 4.72. The molecule has 0 aliphatic carbocycles. The van der Waals surface area contributed by atoms with E-state index in [0.29, 0.717) is 0 Å². The van der Waals surface area contributed by atoms with Crippen LogP contribution in [0.25, 0.3) is 0 Å². The van der Waals surface area contributed by atoms with Gasteiger partial charge in [0.15, 0.2) is 0 Å². The Morgan fingerprint density at radius 1 is 1.43 bits per heavy atom. The van der Waals surface area contributed by atoms with E-state index in [9.17, 15) is 18.4 Å². The number of hydrogen-bond donors (Lipinski definition) is 2. The zero-order valence-corrected chi connectivity index (χ0v) is 12.3. The van der Waals surface area contributed by atoms with Crippen LogP contribution in [0.5, 0.6) is 5.75 Å². The third-order valence-electron chi connectivity index (χ3n) is 2.79. The van der Waals surface area contributed by atoms with Crippen LogP contribution in [0.1, 0.15) is 20.8 Å². The summed E-state index contributed by atoms with van der Waals surface area (Å²) >= 11 is 5.77. The Hall–Kier alpha value is -2.68. The number of aryl methyl sites for hydroxylation is 1. The molecule has 0 aliphatic heterocycles. The van der Waals surface area contributed by atoms with Crippen LogP contribution in [0.4, 0.5) is 14.5 Å². The van der Waals surface area contributed by atoms with E-state index in [-0.39, 0.29) is 27.7 Å². The first-order valence-corrected chi connectivity index (χ1v) is 6.48. The molecule has 0 aliphatic rings. The van der Waals surface area contributed by atoms with Crippen LogP contribution >= 0.6 is 11.6 Å². The summed E-state index contributed by atoms with van der Waals surface area (Å²) in [5.74, 6) is -2.28. The van der Waals surface area contributed by atoms with E-state index in [4.69, 9.17) is 16.7 Å². The molecule has 0 spiro atoms. The summed E-state index contributed by atoms with van der Waals surface area (Å²) < 4.78 is 29.6. The number of carbonyl (C=O) groups excluding carboxylic acids is 1. The molecule has 0 radical (unpaired) electrons. The van der Waals surface area contributed by atoms with Crippen molar-refractivity contribution in [1.29, 1.82) is 0 Å². The zero-order chi connectivity index (χ0) is 17.1. The molecule has 0 unspecified atom stereocenters. The van der Waals surface area contributed by atoms with Gasteiger partial charge in [-0.25, -0.2) is 4.79 Å². The van der Waals surface area contributed by atoms with Crippen molar-refractivity contribution in [2.75, 3.05) is 5.32 Å². The van der Waals surface area contributed by atoms with E-state index in [1.165, 1.54) is 19.2 Å². The maximum Gasteiger partial charge on any atom is 0.387 e. The van der Waals surface area contributed by atoms with Crippen LogP contribution in [0.15, 0.2) is 24.4 Å². The highest BCUT2D eigenvalue weighted by molar-refractivity contribution is 6.32. The number of amides is 1. The molecule has 0 saturated heterocycles. The molecular formula is C13H10ClF2N3O4. The van der Waals surface area contributed by atoms with Gasteiger partial charge in [0.05, 0.1) is 11.2 Å². The molecule has 1 aromatic carbocycles. The van der Waals surface area contributed by atoms with Gasteiger partial charge in [0.25, 0.3) is 5.91 Å². The first kappa shape index (κ1) is 16.7. The molecule has 1 amide bonds. The molecule has 0 fully saturated rings. The number of carboxylic acids is 1. The minimum atomic E-state index is -3.03. The molecule has 1 aromatic heterocycles. The predicted octanol–water partition coefficient (Wildman–Crippen LogP) is 2.63. The fraction of sp³-hybridized carbons (Fsp3) is 0.154. The van der Waals surface area contributed by atoms with Crippen molar-refractivity contribution in [2.24, 2.45) is 7.05 Å². The second kappa shape index (κ2) is 6.61. The molecule has 0 saturated carbocycles. The number of anilines is 1. The normalized spacial score (nSPS) is 10.7. The molecule has 0 atom stereocenters. The van der Waals surface area contributed by atoms with E-state index in [1.807, 2.05) is 0 Å². The highest BCUT2D eigenvalue weighted by Gasteiger charge is 2.22. The van der Waals surface area contributed by atoms with E-state index in [0.717, 1.165) is 16.9 Å². The van der Waals surface area contributed by atoms with E-state index >= 15 is 0 Å². The van der Waals surface area contributed by atoms with Gasteiger partial charge in [-0.05, 0) is 18.2 Å². The molecule has 2 aromatic rings. The molecule has 0 bridgehead atoms. The third kappa shape index (κ3) is 3.75. The topological polar surface area (TPSA) is 93.5 Å². The first-order valence-electron chi connectivity index (χ1n) is 6.10. The van der Waals surface area contributed by atoms with Crippen molar-refractivity contribution in [2.45, 2.75) is 6.61 Å². The highest BCUT2D eigenvalue weighted by Crippen LogP contribution is 2.29. The Labute approximate surface area is 133 Å². The van der Waals surface area contributed by atoms with Crippen LogP contribution in [0.3, 0.4) is 0 Å². The largest absolute Gasteiger partial charge is 0.478 e. The number of benzene rings is 1. The lowest BCUT2D eigenvalue weighted by molar-refractivity contribution is -0.0497. The van der Waals surface area contributed by atoms with E-state index < -0.39 is 18.5 Å². The van der Waals surface area contributed by atoms with Gasteiger partial charge in [0, 0.05) is 12.7 Å². The van der Waals surface area contributed by atoms with Gasteiger partial charge >= 0.3 is 12.6 Å². The predicted molar refractivity (Wildman–Crippen MR) is 76.2 cm³/mol. The van der Waals surface area contributed by atoms with Crippen molar-refractivity contribution in [3.63, 3.8) is 0 Å². The van der Waals surface area contributed by atoms with E-state index in [2.05, 4.69) is 15.2 Å². The minimum absolute atomic E-state index is 0.133. The number of halogens is 3. The number of hydrogen-bond acceptors (Lipinski definition) is 4. The van der Waals surface area contributed by atoms with Crippen molar-refractivity contribution < 1.29 is 28.2 Å². The Morgan fingerprint density at radius 3 is 2.70 bits per heavy atom. The van der Waals surface area contributed by atoms with Crippen molar-refractivity contribution in [3.8, 4) is 5.75 Å². The molecule has 10 heteroatoms. The van der Waals surface area contributed by atoms with Crippen LogP contribution < -0.4 is 10.1 Å². The number of nitrogens with one attached hydrogen (secondary N) is 1.